The van der Waals surface area contributed by atoms with Gasteiger partial charge in [0.2, 0.25) is 5.91 Å². The van der Waals surface area contributed by atoms with E-state index in [1.165, 1.54) is 13.8 Å². The highest BCUT2D eigenvalue weighted by Crippen LogP contribution is 2.20. The second-order valence-corrected chi connectivity index (χ2v) is 3.70. The van der Waals surface area contributed by atoms with Crippen LogP contribution in [0.3, 0.4) is 0 Å². The summed E-state index contributed by atoms with van der Waals surface area (Å²) >= 11 is 0. The average molecular weight is 212 g/mol. The zero-order chi connectivity index (χ0) is 11.4. The van der Waals surface area contributed by atoms with Gasteiger partial charge in [0, 0.05) is 13.0 Å². The molecular weight excluding hydrogens is 197 g/mol. The van der Waals surface area contributed by atoms with Crippen molar-refractivity contribution in [3.05, 3.63) is 0 Å². The van der Waals surface area contributed by atoms with Crippen molar-refractivity contribution in [1.82, 2.24) is 5.32 Å². The van der Waals surface area contributed by atoms with Gasteiger partial charge in [-0.25, -0.2) is 0 Å². The monoisotopic (exact) mass is 212 g/mol. The van der Waals surface area contributed by atoms with Gasteiger partial charge in [-0.15, -0.1) is 0 Å². The van der Waals surface area contributed by atoms with Gasteiger partial charge in [-0.3, -0.25) is 4.79 Å². The summed E-state index contributed by atoms with van der Waals surface area (Å²) in [6, 6.07) is 0. The predicted molar refractivity (Wildman–Crippen MR) is 46.6 cm³/mol. The number of nitrogens with one attached hydrogen (secondary N) is 1. The highest BCUT2D eigenvalue weighted by Gasteiger charge is 2.26. The molecule has 0 saturated heterocycles. The van der Waals surface area contributed by atoms with E-state index in [1.54, 1.807) is 0 Å². The first-order chi connectivity index (χ1) is 6.13. The van der Waals surface area contributed by atoms with Crippen LogP contribution in [0.25, 0.3) is 0 Å². The molecule has 0 aromatic carbocycles. The summed E-state index contributed by atoms with van der Waals surface area (Å²) in [6.45, 7) is 2.98. The summed E-state index contributed by atoms with van der Waals surface area (Å²) in [7, 11) is 0. The Morgan fingerprint density at radius 1 is 1.36 bits per heavy atom. The maximum atomic E-state index is 11.7. The minimum Gasteiger partial charge on any atom is -0.355 e. The van der Waals surface area contributed by atoms with E-state index in [0.717, 1.165) is 0 Å². The summed E-state index contributed by atoms with van der Waals surface area (Å²) in [5.41, 5.74) is 4.37. The molecule has 3 nitrogen and oxygen atoms in total. The molecule has 0 saturated carbocycles. The van der Waals surface area contributed by atoms with Gasteiger partial charge >= 0.3 is 6.18 Å². The Labute approximate surface area is 80.8 Å². The lowest BCUT2D eigenvalue weighted by Gasteiger charge is -2.17. The zero-order valence-electron chi connectivity index (χ0n) is 8.24. The molecule has 0 radical (unpaired) electrons. The third-order valence-corrected chi connectivity index (χ3v) is 1.51. The first kappa shape index (κ1) is 13.2. The molecule has 1 amide bonds. The van der Waals surface area contributed by atoms with E-state index in [-0.39, 0.29) is 13.0 Å². The number of halogens is 3. The van der Waals surface area contributed by atoms with E-state index in [9.17, 15) is 18.0 Å². The number of amides is 1. The average Bonchev–Trinajstić information content (AvgIpc) is 1.93. The summed E-state index contributed by atoms with van der Waals surface area (Å²) in [5.74, 6) is -0.445. The maximum Gasteiger partial charge on any atom is 0.389 e. The van der Waals surface area contributed by atoms with Crippen molar-refractivity contribution in [2.75, 3.05) is 6.54 Å². The fourth-order valence-electron chi connectivity index (χ4n) is 0.719. The fraction of sp³-hybridized carbons (Fsp3) is 0.875. The number of hydrogen-bond acceptors (Lipinski definition) is 2. The molecule has 0 heterocycles. The normalized spacial score (nSPS) is 12.7. The molecule has 0 unspecified atom stereocenters. The molecule has 0 fully saturated rings. The Bertz CT molecular complexity index is 196. The zero-order valence-corrected chi connectivity index (χ0v) is 8.24. The van der Waals surface area contributed by atoms with Crippen LogP contribution in [0.2, 0.25) is 0 Å². The minimum absolute atomic E-state index is 0.00102. The topological polar surface area (TPSA) is 55.1 Å². The van der Waals surface area contributed by atoms with E-state index >= 15 is 0 Å². The van der Waals surface area contributed by atoms with Gasteiger partial charge in [0.15, 0.2) is 0 Å². The minimum atomic E-state index is -4.16. The second-order valence-electron chi connectivity index (χ2n) is 3.70. The van der Waals surface area contributed by atoms with Crippen molar-refractivity contribution in [2.24, 2.45) is 5.73 Å². The van der Waals surface area contributed by atoms with Crippen molar-refractivity contribution >= 4 is 5.91 Å². The van der Waals surface area contributed by atoms with Crippen LogP contribution in [0.4, 0.5) is 13.2 Å². The van der Waals surface area contributed by atoms with E-state index in [1.807, 2.05) is 0 Å². The number of carbonyl (C=O) groups excluding carboxylic acids is 1. The molecule has 14 heavy (non-hydrogen) atoms. The van der Waals surface area contributed by atoms with Gasteiger partial charge in [-0.2, -0.15) is 13.2 Å². The number of nitrogens with two attached hydrogens (primary N) is 1. The number of alkyl halides is 3. The van der Waals surface area contributed by atoms with E-state index in [4.69, 9.17) is 5.73 Å². The predicted octanol–water partition coefficient (Wildman–Crippen LogP) is 1.18. The van der Waals surface area contributed by atoms with Gasteiger partial charge in [-0.1, -0.05) is 0 Å². The van der Waals surface area contributed by atoms with Gasteiger partial charge < -0.3 is 11.1 Å². The van der Waals surface area contributed by atoms with Crippen molar-refractivity contribution in [2.45, 2.75) is 38.4 Å². The van der Waals surface area contributed by atoms with Gasteiger partial charge in [-0.05, 0) is 20.3 Å². The van der Waals surface area contributed by atoms with Crippen LogP contribution in [0, 0.1) is 0 Å². The van der Waals surface area contributed by atoms with Gasteiger partial charge in [0.25, 0.3) is 0 Å². The molecular formula is C8H15F3N2O. The van der Waals surface area contributed by atoms with Crippen molar-refractivity contribution in [1.29, 1.82) is 0 Å². The van der Waals surface area contributed by atoms with Crippen LogP contribution >= 0.6 is 0 Å². The largest absolute Gasteiger partial charge is 0.389 e. The summed E-state index contributed by atoms with van der Waals surface area (Å²) in [6.07, 6.45) is -5.17. The van der Waals surface area contributed by atoms with E-state index in [2.05, 4.69) is 5.32 Å². The molecule has 0 rings (SSSR count). The van der Waals surface area contributed by atoms with Gasteiger partial charge in [0.05, 0.1) is 5.54 Å². The molecule has 0 aromatic heterocycles. The lowest BCUT2D eigenvalue weighted by atomic mass is 10.1. The third-order valence-electron chi connectivity index (χ3n) is 1.51. The number of hydrogen-bond donors (Lipinski definition) is 2. The number of carbonyl (C=O) groups is 1. The lowest BCUT2D eigenvalue weighted by Crippen LogP contribution is -2.49. The number of rotatable bonds is 4. The van der Waals surface area contributed by atoms with Crippen molar-refractivity contribution in [3.8, 4) is 0 Å². The van der Waals surface area contributed by atoms with Crippen LogP contribution in [-0.4, -0.2) is 24.2 Å². The van der Waals surface area contributed by atoms with E-state index < -0.39 is 24.0 Å². The Morgan fingerprint density at radius 3 is 2.21 bits per heavy atom. The highest BCUT2D eigenvalue weighted by molar-refractivity contribution is 5.84. The van der Waals surface area contributed by atoms with Crippen LogP contribution in [0.5, 0.6) is 0 Å². The lowest BCUT2D eigenvalue weighted by molar-refractivity contribution is -0.136. The molecule has 6 heteroatoms. The molecule has 0 aromatic rings. The van der Waals surface area contributed by atoms with Crippen LogP contribution in [0.15, 0.2) is 0 Å². The van der Waals surface area contributed by atoms with Gasteiger partial charge in [0.1, 0.15) is 0 Å². The van der Waals surface area contributed by atoms with Crippen LogP contribution in [0.1, 0.15) is 26.7 Å². The first-order valence-corrected chi connectivity index (χ1v) is 4.27. The molecule has 0 aliphatic carbocycles. The first-order valence-electron chi connectivity index (χ1n) is 4.27. The molecule has 0 atom stereocenters. The quantitative estimate of drug-likeness (QED) is 0.687. The maximum absolute atomic E-state index is 11.7. The van der Waals surface area contributed by atoms with Crippen molar-refractivity contribution in [3.63, 3.8) is 0 Å². The Kier molecular flexibility index (Phi) is 4.38. The summed E-state index contributed by atoms with van der Waals surface area (Å²) < 4.78 is 35.0. The van der Waals surface area contributed by atoms with Crippen LogP contribution in [-0.2, 0) is 4.79 Å². The SMILES string of the molecule is CC(C)(N)C(=O)NCCCC(F)(F)F. The van der Waals surface area contributed by atoms with E-state index in [0.29, 0.717) is 0 Å². The van der Waals surface area contributed by atoms with Crippen molar-refractivity contribution < 1.29 is 18.0 Å². The molecule has 3 N–H and O–H groups in total. The Morgan fingerprint density at radius 2 is 1.86 bits per heavy atom. The summed E-state index contributed by atoms with van der Waals surface area (Å²) in [4.78, 5) is 11.1. The van der Waals surface area contributed by atoms with Crippen LogP contribution < -0.4 is 11.1 Å². The smallest absolute Gasteiger partial charge is 0.355 e. The molecule has 0 aliphatic heterocycles. The molecule has 84 valence electrons. The highest BCUT2D eigenvalue weighted by atomic mass is 19.4. The Balaban J connectivity index is 3.62. The standard InChI is InChI=1S/C8H15F3N2O/c1-7(2,12)6(14)13-5-3-4-8(9,10)11/h3-5,12H2,1-2H3,(H,13,14). The molecule has 0 bridgehead atoms. The fourth-order valence-corrected chi connectivity index (χ4v) is 0.719. The second kappa shape index (κ2) is 4.63. The Hall–Kier alpha value is -0.780. The molecule has 0 spiro atoms. The third kappa shape index (κ3) is 6.71. The molecule has 0 aliphatic rings. The summed E-state index contributed by atoms with van der Waals surface area (Å²) in [5, 5.41) is 2.33.